The summed E-state index contributed by atoms with van der Waals surface area (Å²) in [6.07, 6.45) is -2.76. The normalized spacial score (nSPS) is 10.3. The molecule has 0 aromatic carbocycles. The quantitative estimate of drug-likeness (QED) is 0.779. The fourth-order valence-electron chi connectivity index (χ4n) is 0.893. The smallest absolute Gasteiger partial charge is 0.234 e. The number of nitrogens with zero attached hydrogens (tertiary/aromatic N) is 2. The Hall–Kier alpha value is -0.730. The SMILES string of the molecule is N#Cc1nc(C(F)F)c(Cl)cc1CBr. The number of nitriles is 1. The van der Waals surface area contributed by atoms with Crippen molar-refractivity contribution in [1.82, 2.24) is 4.98 Å². The molecule has 0 saturated heterocycles. The first kappa shape index (κ1) is 11.3. The summed E-state index contributed by atoms with van der Waals surface area (Å²) in [5, 5.41) is 8.86. The van der Waals surface area contributed by atoms with Crippen molar-refractivity contribution in [3.63, 3.8) is 0 Å². The molecule has 0 aliphatic heterocycles. The Morgan fingerprint density at radius 2 is 2.29 bits per heavy atom. The molecule has 2 nitrogen and oxygen atoms in total. The largest absolute Gasteiger partial charge is 0.281 e. The maximum Gasteiger partial charge on any atom is 0.281 e. The van der Waals surface area contributed by atoms with Gasteiger partial charge in [0.15, 0.2) is 0 Å². The lowest BCUT2D eigenvalue weighted by atomic mass is 10.2. The van der Waals surface area contributed by atoms with Gasteiger partial charge in [-0.15, -0.1) is 0 Å². The lowest BCUT2D eigenvalue weighted by Crippen LogP contribution is -1.98. The van der Waals surface area contributed by atoms with Crippen molar-refractivity contribution in [3.8, 4) is 6.07 Å². The average molecular weight is 281 g/mol. The Morgan fingerprint density at radius 3 is 2.71 bits per heavy atom. The fourth-order valence-corrected chi connectivity index (χ4v) is 1.58. The molecule has 0 unspecified atom stereocenters. The molecule has 0 radical (unpaired) electrons. The molecule has 0 aliphatic carbocycles. The summed E-state index contributed by atoms with van der Waals surface area (Å²) >= 11 is 8.67. The van der Waals surface area contributed by atoms with Crippen LogP contribution < -0.4 is 0 Å². The van der Waals surface area contributed by atoms with Gasteiger partial charge in [-0.3, -0.25) is 0 Å². The van der Waals surface area contributed by atoms with Crippen LogP contribution in [0, 0.1) is 11.3 Å². The minimum absolute atomic E-state index is 0.0263. The summed E-state index contributed by atoms with van der Waals surface area (Å²) in [5.41, 5.74) is -0.0728. The van der Waals surface area contributed by atoms with Crippen LogP contribution in [-0.2, 0) is 5.33 Å². The van der Waals surface area contributed by atoms with E-state index in [4.69, 9.17) is 16.9 Å². The molecular formula is C8H4BrClF2N2. The first-order chi connectivity index (χ1) is 6.60. The van der Waals surface area contributed by atoms with Crippen LogP contribution in [0.25, 0.3) is 0 Å². The van der Waals surface area contributed by atoms with E-state index in [-0.39, 0.29) is 10.7 Å². The summed E-state index contributed by atoms with van der Waals surface area (Å²) in [4.78, 5) is 3.49. The molecule has 0 N–H and O–H groups in total. The van der Waals surface area contributed by atoms with Crippen molar-refractivity contribution in [2.24, 2.45) is 0 Å². The monoisotopic (exact) mass is 280 g/mol. The van der Waals surface area contributed by atoms with Gasteiger partial charge in [0.2, 0.25) is 0 Å². The molecule has 1 rings (SSSR count). The van der Waals surface area contributed by atoms with Crippen molar-refractivity contribution < 1.29 is 8.78 Å². The Labute approximate surface area is 92.6 Å². The first-order valence-electron chi connectivity index (χ1n) is 3.53. The van der Waals surface area contributed by atoms with Gasteiger partial charge in [-0.1, -0.05) is 27.5 Å². The molecule has 6 heteroatoms. The molecule has 0 bridgehead atoms. The second kappa shape index (κ2) is 4.67. The topological polar surface area (TPSA) is 36.7 Å². The Kier molecular flexibility index (Phi) is 3.78. The average Bonchev–Trinajstić information content (AvgIpc) is 2.16. The van der Waals surface area contributed by atoms with Gasteiger partial charge in [-0.05, 0) is 6.07 Å². The van der Waals surface area contributed by atoms with Crippen LogP contribution in [0.4, 0.5) is 8.78 Å². The zero-order valence-corrected chi connectivity index (χ0v) is 9.11. The number of halogens is 4. The van der Waals surface area contributed by atoms with Crippen LogP contribution in [0.1, 0.15) is 23.4 Å². The van der Waals surface area contributed by atoms with E-state index in [0.29, 0.717) is 10.9 Å². The summed E-state index contributed by atoms with van der Waals surface area (Å²) in [6, 6.07) is 3.06. The number of aromatic nitrogens is 1. The van der Waals surface area contributed by atoms with Crippen LogP contribution in [0.15, 0.2) is 6.07 Å². The van der Waals surface area contributed by atoms with Gasteiger partial charge in [0, 0.05) is 10.9 Å². The van der Waals surface area contributed by atoms with E-state index in [1.165, 1.54) is 6.07 Å². The summed E-state index contributed by atoms with van der Waals surface area (Å²) in [7, 11) is 0. The molecule has 74 valence electrons. The molecular weight excluding hydrogens is 277 g/mol. The third kappa shape index (κ3) is 2.20. The van der Waals surface area contributed by atoms with Gasteiger partial charge in [0.05, 0.1) is 5.02 Å². The summed E-state index contributed by atoms with van der Waals surface area (Å²) < 4.78 is 24.6. The van der Waals surface area contributed by atoms with E-state index in [9.17, 15) is 8.78 Å². The highest BCUT2D eigenvalue weighted by molar-refractivity contribution is 9.08. The van der Waals surface area contributed by atoms with Crippen molar-refractivity contribution in [2.75, 3.05) is 0 Å². The van der Waals surface area contributed by atoms with Crippen LogP contribution in [0.3, 0.4) is 0 Å². The van der Waals surface area contributed by atoms with Crippen LogP contribution in [0.2, 0.25) is 5.02 Å². The molecule has 14 heavy (non-hydrogen) atoms. The zero-order chi connectivity index (χ0) is 10.7. The molecule has 0 atom stereocenters. The lowest BCUT2D eigenvalue weighted by molar-refractivity contribution is 0.146. The number of hydrogen-bond donors (Lipinski definition) is 0. The number of hydrogen-bond acceptors (Lipinski definition) is 2. The van der Waals surface area contributed by atoms with Crippen molar-refractivity contribution in [3.05, 3.63) is 28.0 Å². The highest BCUT2D eigenvalue weighted by Gasteiger charge is 2.17. The van der Waals surface area contributed by atoms with E-state index >= 15 is 0 Å². The van der Waals surface area contributed by atoms with Gasteiger partial charge < -0.3 is 0 Å². The van der Waals surface area contributed by atoms with Crippen LogP contribution in [0.5, 0.6) is 0 Å². The predicted molar refractivity (Wildman–Crippen MR) is 51.6 cm³/mol. The highest BCUT2D eigenvalue weighted by atomic mass is 79.9. The second-order valence-corrected chi connectivity index (χ2v) is 3.38. The number of pyridine rings is 1. The van der Waals surface area contributed by atoms with Gasteiger partial charge in [0.1, 0.15) is 17.5 Å². The van der Waals surface area contributed by atoms with Crippen molar-refractivity contribution in [1.29, 1.82) is 5.26 Å². The highest BCUT2D eigenvalue weighted by Crippen LogP contribution is 2.27. The van der Waals surface area contributed by atoms with E-state index in [2.05, 4.69) is 20.9 Å². The molecule has 0 fully saturated rings. The molecule has 1 aromatic rings. The predicted octanol–water partition coefficient (Wildman–Crippen LogP) is 3.44. The first-order valence-corrected chi connectivity index (χ1v) is 5.03. The van der Waals surface area contributed by atoms with Gasteiger partial charge in [-0.25, -0.2) is 13.8 Å². The van der Waals surface area contributed by atoms with E-state index in [1.807, 2.05) is 0 Å². The van der Waals surface area contributed by atoms with E-state index in [1.54, 1.807) is 6.07 Å². The molecule has 0 amide bonds. The summed E-state index contributed by atoms with van der Waals surface area (Å²) in [6.45, 7) is 0. The van der Waals surface area contributed by atoms with Crippen molar-refractivity contribution >= 4 is 27.5 Å². The molecule has 1 aromatic heterocycles. The van der Waals surface area contributed by atoms with E-state index in [0.717, 1.165) is 0 Å². The fraction of sp³-hybridized carbons (Fsp3) is 0.250. The Morgan fingerprint density at radius 1 is 1.64 bits per heavy atom. The second-order valence-electron chi connectivity index (χ2n) is 2.41. The third-order valence-electron chi connectivity index (χ3n) is 1.54. The van der Waals surface area contributed by atoms with Crippen LogP contribution in [-0.4, -0.2) is 4.98 Å². The summed E-state index contributed by atoms with van der Waals surface area (Å²) in [5.74, 6) is 0. The van der Waals surface area contributed by atoms with Gasteiger partial charge >= 0.3 is 0 Å². The van der Waals surface area contributed by atoms with E-state index < -0.39 is 12.1 Å². The minimum atomic E-state index is -2.76. The molecule has 0 saturated carbocycles. The van der Waals surface area contributed by atoms with Gasteiger partial charge in [0.25, 0.3) is 6.43 Å². The number of alkyl halides is 3. The molecule has 1 heterocycles. The zero-order valence-electron chi connectivity index (χ0n) is 6.77. The molecule has 0 aliphatic rings. The number of rotatable bonds is 2. The lowest BCUT2D eigenvalue weighted by Gasteiger charge is -2.05. The Balaban J connectivity index is 3.32. The third-order valence-corrected chi connectivity index (χ3v) is 2.45. The Bertz CT molecular complexity index is 390. The minimum Gasteiger partial charge on any atom is -0.234 e. The maximum absolute atomic E-state index is 12.3. The molecule has 0 spiro atoms. The van der Waals surface area contributed by atoms with Gasteiger partial charge in [-0.2, -0.15) is 5.26 Å². The van der Waals surface area contributed by atoms with Crippen LogP contribution >= 0.6 is 27.5 Å². The van der Waals surface area contributed by atoms with Crippen molar-refractivity contribution in [2.45, 2.75) is 11.8 Å². The standard InChI is InChI=1S/C8H4BrClF2N2/c9-2-4-1-5(10)7(8(11)12)14-6(4)3-13/h1,8H,2H2. The maximum atomic E-state index is 12.3.